The largest absolute Gasteiger partial charge is 0.359 e. The van der Waals surface area contributed by atoms with Crippen molar-refractivity contribution in [3.05, 3.63) is 64.4 Å². The van der Waals surface area contributed by atoms with Crippen LogP contribution in [-0.2, 0) is 4.79 Å². The molecule has 1 heterocycles. The van der Waals surface area contributed by atoms with Crippen molar-refractivity contribution in [2.75, 3.05) is 16.8 Å². The van der Waals surface area contributed by atoms with Gasteiger partial charge >= 0.3 is 0 Å². The summed E-state index contributed by atoms with van der Waals surface area (Å²) in [5, 5.41) is 12.3. The van der Waals surface area contributed by atoms with Gasteiger partial charge in [-0.3, -0.25) is 10.0 Å². The monoisotopic (exact) mass is 473 g/mol. The second kappa shape index (κ2) is 16.4. The first-order valence-corrected chi connectivity index (χ1v) is 12.9. The van der Waals surface area contributed by atoms with Gasteiger partial charge in [-0.1, -0.05) is 46.6 Å². The molecule has 1 aromatic rings. The van der Waals surface area contributed by atoms with E-state index in [0.29, 0.717) is 5.75 Å². The summed E-state index contributed by atoms with van der Waals surface area (Å²) in [6, 6.07) is 3.32. The summed E-state index contributed by atoms with van der Waals surface area (Å²) < 4.78 is 0. The Morgan fingerprint density at radius 3 is 2.33 bits per heavy atom. The minimum Gasteiger partial charge on any atom is -0.359 e. The van der Waals surface area contributed by atoms with Gasteiger partial charge in [0, 0.05) is 17.2 Å². The Hall–Kier alpha value is -2.18. The van der Waals surface area contributed by atoms with Crippen LogP contribution in [0.4, 0.5) is 5.82 Å². The summed E-state index contributed by atoms with van der Waals surface area (Å²) in [6.07, 6.45) is 14.5. The number of thioether (sulfide) groups is 1. The van der Waals surface area contributed by atoms with Gasteiger partial charge in [-0.15, -0.1) is 0 Å². The maximum atomic E-state index is 12.1. The van der Waals surface area contributed by atoms with Crippen molar-refractivity contribution >= 4 is 23.5 Å². The molecule has 4 N–H and O–H groups in total. The summed E-state index contributed by atoms with van der Waals surface area (Å²) in [6.45, 7) is 12.7. The van der Waals surface area contributed by atoms with E-state index in [0.717, 1.165) is 49.4 Å². The van der Waals surface area contributed by atoms with Gasteiger partial charge in [-0.2, -0.15) is 11.8 Å². The maximum Gasteiger partial charge on any atom is 0.266 e. The average molecular weight is 474 g/mol. The lowest BCUT2D eigenvalue weighted by Crippen LogP contribution is -2.40. The molecule has 33 heavy (non-hydrogen) atoms. The standard InChI is InChI=1S/C27H43N3O2S/c1-20(2)9-7-10-22(5)11-8-12-24(15-13-21(3)4)17-18-33-19-25(27(31)30-32)29-26-16-14-23(6)28-26/h9,11,13-14,16-17,25,28-29,32H,7-8,10,12,15,18-19H2,1-6H3,(H,30,31). The molecule has 0 aliphatic carbocycles. The van der Waals surface area contributed by atoms with E-state index < -0.39 is 11.9 Å². The van der Waals surface area contributed by atoms with Gasteiger partial charge in [0.05, 0.1) is 0 Å². The predicted octanol–water partition coefficient (Wildman–Crippen LogP) is 7.10. The highest BCUT2D eigenvalue weighted by molar-refractivity contribution is 7.99. The molecule has 0 saturated heterocycles. The summed E-state index contributed by atoms with van der Waals surface area (Å²) in [7, 11) is 0. The van der Waals surface area contributed by atoms with Crippen molar-refractivity contribution in [1.82, 2.24) is 10.5 Å². The normalized spacial score (nSPS) is 12.8. The fraction of sp³-hybridized carbons (Fsp3) is 0.519. The molecule has 0 aromatic carbocycles. The third kappa shape index (κ3) is 13.9. The summed E-state index contributed by atoms with van der Waals surface area (Å²) in [5.41, 5.74) is 8.37. The number of carbonyl (C=O) groups is 1. The number of anilines is 1. The summed E-state index contributed by atoms with van der Waals surface area (Å²) in [5.74, 6) is 1.72. The van der Waals surface area contributed by atoms with Crippen molar-refractivity contribution in [3.8, 4) is 0 Å². The van der Waals surface area contributed by atoms with E-state index in [4.69, 9.17) is 5.21 Å². The molecule has 0 bridgehead atoms. The number of amides is 1. The van der Waals surface area contributed by atoms with Crippen molar-refractivity contribution in [3.63, 3.8) is 0 Å². The number of rotatable bonds is 15. The molecular formula is C27H43N3O2S. The minimum atomic E-state index is -0.515. The molecule has 1 unspecified atom stereocenters. The zero-order valence-electron chi connectivity index (χ0n) is 21.3. The lowest BCUT2D eigenvalue weighted by Gasteiger charge is -2.16. The molecule has 0 fully saturated rings. The van der Waals surface area contributed by atoms with Gasteiger partial charge < -0.3 is 10.3 Å². The van der Waals surface area contributed by atoms with Crippen LogP contribution in [0, 0.1) is 6.92 Å². The lowest BCUT2D eigenvalue weighted by atomic mass is 10.0. The van der Waals surface area contributed by atoms with E-state index in [2.05, 4.69) is 69.2 Å². The van der Waals surface area contributed by atoms with Crippen molar-refractivity contribution in [2.45, 2.75) is 79.7 Å². The smallest absolute Gasteiger partial charge is 0.266 e. The Balaban J connectivity index is 2.62. The molecule has 1 atom stereocenters. The molecule has 184 valence electrons. The third-order valence-corrected chi connectivity index (χ3v) is 6.16. The SMILES string of the molecule is CC(C)=CCCC(C)=CCCC(=CCSCC(Nc1ccc(C)[nH]1)C(=O)NO)CC=C(C)C. The highest BCUT2D eigenvalue weighted by atomic mass is 32.2. The van der Waals surface area contributed by atoms with Gasteiger partial charge in [0.2, 0.25) is 0 Å². The molecule has 1 rings (SSSR count). The molecule has 0 spiro atoms. The molecule has 0 aliphatic rings. The van der Waals surface area contributed by atoms with E-state index >= 15 is 0 Å². The van der Waals surface area contributed by atoms with E-state index in [1.807, 2.05) is 19.1 Å². The lowest BCUT2D eigenvalue weighted by molar-refractivity contribution is -0.129. The number of aromatic nitrogens is 1. The fourth-order valence-electron chi connectivity index (χ4n) is 3.22. The van der Waals surface area contributed by atoms with Gasteiger partial charge in [0.1, 0.15) is 11.9 Å². The van der Waals surface area contributed by atoms with Crippen molar-refractivity contribution < 1.29 is 10.0 Å². The van der Waals surface area contributed by atoms with Crippen LogP contribution in [0.2, 0.25) is 0 Å². The number of aryl methyl sites for hydroxylation is 1. The van der Waals surface area contributed by atoms with Gasteiger partial charge in [0.25, 0.3) is 5.91 Å². The van der Waals surface area contributed by atoms with Gasteiger partial charge in [-0.25, -0.2) is 5.48 Å². The second-order valence-corrected chi connectivity index (χ2v) is 10.1. The van der Waals surface area contributed by atoms with Crippen LogP contribution < -0.4 is 10.8 Å². The van der Waals surface area contributed by atoms with Crippen LogP contribution in [0.3, 0.4) is 0 Å². The van der Waals surface area contributed by atoms with E-state index in [9.17, 15) is 4.79 Å². The molecule has 0 saturated carbocycles. The van der Waals surface area contributed by atoms with E-state index in [1.54, 1.807) is 17.2 Å². The highest BCUT2D eigenvalue weighted by Gasteiger charge is 2.18. The van der Waals surface area contributed by atoms with Gasteiger partial charge in [-0.05, 0) is 85.8 Å². The van der Waals surface area contributed by atoms with Crippen LogP contribution in [0.25, 0.3) is 0 Å². The quantitative estimate of drug-likeness (QED) is 0.0948. The molecule has 0 aliphatic heterocycles. The molecule has 1 amide bonds. The first kappa shape index (κ1) is 28.9. The second-order valence-electron chi connectivity index (χ2n) is 9.02. The van der Waals surface area contributed by atoms with Crippen LogP contribution in [0.1, 0.15) is 72.4 Å². The number of hydrogen-bond acceptors (Lipinski definition) is 4. The van der Waals surface area contributed by atoms with Gasteiger partial charge in [0.15, 0.2) is 0 Å². The van der Waals surface area contributed by atoms with Crippen LogP contribution in [-0.4, -0.2) is 33.6 Å². The topological polar surface area (TPSA) is 77.2 Å². The van der Waals surface area contributed by atoms with Crippen LogP contribution in [0.15, 0.2) is 58.7 Å². The van der Waals surface area contributed by atoms with Crippen molar-refractivity contribution in [1.29, 1.82) is 0 Å². The maximum absolute atomic E-state index is 12.1. The molecule has 1 aromatic heterocycles. The first-order chi connectivity index (χ1) is 15.7. The average Bonchev–Trinajstić information content (AvgIpc) is 3.17. The number of aromatic amines is 1. The predicted molar refractivity (Wildman–Crippen MR) is 144 cm³/mol. The Labute approximate surface area is 204 Å². The number of allylic oxidation sites excluding steroid dienone is 7. The Bertz CT molecular complexity index is 841. The number of carbonyl (C=O) groups excluding carboxylic acids is 1. The molecule has 0 radical (unpaired) electrons. The fourth-order valence-corrected chi connectivity index (χ4v) is 4.18. The minimum absolute atomic E-state index is 0.433. The van der Waals surface area contributed by atoms with Crippen molar-refractivity contribution in [2.24, 2.45) is 0 Å². The number of H-pyrrole nitrogens is 1. The van der Waals surface area contributed by atoms with Crippen LogP contribution >= 0.6 is 11.8 Å². The molecule has 6 heteroatoms. The first-order valence-electron chi connectivity index (χ1n) is 11.7. The Kier molecular flexibility index (Phi) is 14.4. The number of nitrogens with one attached hydrogen (secondary N) is 3. The molecular weight excluding hydrogens is 430 g/mol. The number of hydrogen-bond donors (Lipinski definition) is 4. The van der Waals surface area contributed by atoms with Crippen LogP contribution in [0.5, 0.6) is 0 Å². The Morgan fingerprint density at radius 2 is 1.73 bits per heavy atom. The molecule has 5 nitrogen and oxygen atoms in total. The number of hydroxylamine groups is 1. The summed E-state index contributed by atoms with van der Waals surface area (Å²) in [4.78, 5) is 15.2. The zero-order chi connectivity index (χ0) is 24.6. The summed E-state index contributed by atoms with van der Waals surface area (Å²) >= 11 is 1.68. The Morgan fingerprint density at radius 1 is 1.03 bits per heavy atom. The third-order valence-electron chi connectivity index (χ3n) is 5.18. The highest BCUT2D eigenvalue weighted by Crippen LogP contribution is 2.18. The van der Waals surface area contributed by atoms with E-state index in [1.165, 1.54) is 22.3 Å². The zero-order valence-corrected chi connectivity index (χ0v) is 22.1. The van der Waals surface area contributed by atoms with E-state index in [-0.39, 0.29) is 0 Å².